The largest absolute Gasteiger partial charge is 0.389 e. The van der Waals surface area contributed by atoms with Gasteiger partial charge in [-0.1, -0.05) is 11.3 Å². The Kier molecular flexibility index (Phi) is 3.71. The van der Waals surface area contributed by atoms with Gasteiger partial charge in [-0.15, -0.1) is 0 Å². The Morgan fingerprint density at radius 3 is 2.70 bits per heavy atom. The van der Waals surface area contributed by atoms with E-state index in [1.54, 1.807) is 23.7 Å². The number of aromatic nitrogens is 3. The van der Waals surface area contributed by atoms with Crippen molar-refractivity contribution >= 4 is 44.1 Å². The van der Waals surface area contributed by atoms with Gasteiger partial charge in [0.15, 0.2) is 5.13 Å². The van der Waals surface area contributed by atoms with Gasteiger partial charge in [0, 0.05) is 35.9 Å². The molecule has 5 heterocycles. The highest BCUT2D eigenvalue weighted by molar-refractivity contribution is 7.19. The zero-order chi connectivity index (χ0) is 18.5. The fourth-order valence-electron chi connectivity index (χ4n) is 4.56. The summed E-state index contributed by atoms with van der Waals surface area (Å²) in [5.74, 6) is -0.466. The highest BCUT2D eigenvalue weighted by Crippen LogP contribution is 2.42. The second-order valence-electron chi connectivity index (χ2n) is 7.30. The van der Waals surface area contributed by atoms with E-state index in [0.717, 1.165) is 52.5 Å². The number of carbonyl (C=O) groups is 1. The van der Waals surface area contributed by atoms with Gasteiger partial charge >= 0.3 is 0 Å². The fourth-order valence-corrected chi connectivity index (χ4v) is 5.38. The Morgan fingerprint density at radius 1 is 1.26 bits per heavy atom. The molecule has 27 heavy (non-hydrogen) atoms. The van der Waals surface area contributed by atoms with Crippen LogP contribution in [0.3, 0.4) is 0 Å². The first-order valence-corrected chi connectivity index (χ1v) is 9.94. The molecule has 0 saturated carbocycles. The van der Waals surface area contributed by atoms with Crippen LogP contribution in [0.2, 0.25) is 0 Å². The van der Waals surface area contributed by atoms with Gasteiger partial charge < -0.3 is 26.7 Å². The minimum atomic E-state index is -0.466. The molecule has 5 rings (SSSR count). The van der Waals surface area contributed by atoms with Crippen LogP contribution < -0.4 is 21.7 Å². The van der Waals surface area contributed by atoms with E-state index >= 15 is 0 Å². The maximum atomic E-state index is 11.9. The normalized spacial score (nSPS) is 24.4. The summed E-state index contributed by atoms with van der Waals surface area (Å²) in [6.07, 6.45) is 9.40. The number of nitrogens with two attached hydrogens (primary N) is 2. The Bertz CT molecular complexity index is 998. The number of rotatable bonds is 4. The average molecular weight is 383 g/mol. The van der Waals surface area contributed by atoms with Crippen LogP contribution in [0.15, 0.2) is 24.7 Å². The van der Waals surface area contributed by atoms with Crippen LogP contribution in [-0.2, 0) is 0 Å². The summed E-state index contributed by atoms with van der Waals surface area (Å²) in [5, 5.41) is 6.28. The molecule has 1 amide bonds. The van der Waals surface area contributed by atoms with Gasteiger partial charge in [-0.2, -0.15) is 0 Å². The molecule has 0 unspecified atom stereocenters. The molecule has 3 aromatic heterocycles. The number of anilines is 3. The first-order chi connectivity index (χ1) is 13.1. The van der Waals surface area contributed by atoms with Crippen molar-refractivity contribution in [3.8, 4) is 0 Å². The van der Waals surface area contributed by atoms with E-state index in [9.17, 15) is 4.79 Å². The number of nitrogens with one attached hydrogen (secondary N) is 2. The Morgan fingerprint density at radius 2 is 2.04 bits per heavy atom. The van der Waals surface area contributed by atoms with Crippen molar-refractivity contribution < 1.29 is 4.79 Å². The number of amides is 1. The molecular weight excluding hydrogens is 362 g/mol. The number of carbonyl (C=O) groups excluding carboxylic acids is 1. The topological polar surface area (TPSA) is 126 Å². The van der Waals surface area contributed by atoms with Crippen LogP contribution in [0, 0.1) is 0 Å². The first-order valence-electron chi connectivity index (χ1n) is 9.12. The SMILES string of the molecule is NC(=O)c1cnc2[nH]ccc2c1N[C@@H]1C[C@H]2CC[C@@H](C1)N2c1ncc(N)s1. The molecule has 0 radical (unpaired) electrons. The molecule has 2 aliphatic heterocycles. The Labute approximate surface area is 160 Å². The maximum Gasteiger partial charge on any atom is 0.252 e. The molecule has 2 fully saturated rings. The van der Waals surface area contributed by atoms with Gasteiger partial charge in [0.2, 0.25) is 0 Å². The average Bonchev–Trinajstić information content (AvgIpc) is 3.33. The lowest BCUT2D eigenvalue weighted by Crippen LogP contribution is -2.47. The minimum absolute atomic E-state index is 0.273. The third-order valence-electron chi connectivity index (χ3n) is 5.67. The van der Waals surface area contributed by atoms with E-state index in [2.05, 4.69) is 25.2 Å². The summed E-state index contributed by atoms with van der Waals surface area (Å²) in [5.41, 5.74) is 13.4. The maximum absolute atomic E-state index is 11.9. The standard InChI is InChI=1S/C18H21N7OS/c19-14-8-23-18(27-14)25-10-1-2-11(25)6-9(5-10)24-15-12-3-4-21-17(12)22-7-13(15)16(20)26/h3-4,7-11H,1-2,5-6,19H2,(H2,20,26)(H2,21,22,24)/t9-,10-,11+. The molecule has 2 aliphatic rings. The van der Waals surface area contributed by atoms with E-state index in [0.29, 0.717) is 17.6 Å². The summed E-state index contributed by atoms with van der Waals surface area (Å²) in [6, 6.07) is 3.08. The van der Waals surface area contributed by atoms with E-state index in [-0.39, 0.29) is 6.04 Å². The van der Waals surface area contributed by atoms with Gasteiger partial charge in [-0.3, -0.25) is 4.79 Å². The number of H-pyrrole nitrogens is 1. The van der Waals surface area contributed by atoms with Crippen LogP contribution in [0.1, 0.15) is 36.0 Å². The quantitative estimate of drug-likeness (QED) is 0.548. The van der Waals surface area contributed by atoms with Gasteiger partial charge in [0.25, 0.3) is 5.91 Å². The molecule has 140 valence electrons. The van der Waals surface area contributed by atoms with Gasteiger partial charge in [0.05, 0.1) is 17.4 Å². The Balaban J connectivity index is 1.42. The van der Waals surface area contributed by atoms with E-state index < -0.39 is 5.91 Å². The summed E-state index contributed by atoms with van der Waals surface area (Å²) >= 11 is 1.55. The zero-order valence-electron chi connectivity index (χ0n) is 14.7. The monoisotopic (exact) mass is 383 g/mol. The lowest BCUT2D eigenvalue weighted by atomic mass is 9.97. The van der Waals surface area contributed by atoms with Crippen LogP contribution in [-0.4, -0.2) is 39.0 Å². The molecule has 3 aromatic rings. The molecule has 0 spiro atoms. The smallest absolute Gasteiger partial charge is 0.252 e. The summed E-state index contributed by atoms with van der Waals surface area (Å²) in [4.78, 5) is 26.2. The summed E-state index contributed by atoms with van der Waals surface area (Å²) in [6.45, 7) is 0. The van der Waals surface area contributed by atoms with Crippen molar-refractivity contribution in [3.63, 3.8) is 0 Å². The molecule has 9 heteroatoms. The highest BCUT2D eigenvalue weighted by atomic mass is 32.1. The lowest BCUT2D eigenvalue weighted by molar-refractivity contribution is 0.100. The molecule has 2 saturated heterocycles. The number of primary amides is 1. The predicted octanol–water partition coefficient (Wildman–Crippen LogP) is 2.31. The van der Waals surface area contributed by atoms with Crippen LogP contribution in [0.4, 0.5) is 15.8 Å². The fraction of sp³-hybridized carbons (Fsp3) is 0.389. The minimum Gasteiger partial charge on any atom is -0.389 e. The molecular formula is C18H21N7OS. The molecule has 0 aliphatic carbocycles. The third-order valence-corrected chi connectivity index (χ3v) is 6.51. The number of fused-ring (bicyclic) bond motifs is 3. The van der Waals surface area contributed by atoms with Crippen molar-refractivity contribution in [2.45, 2.75) is 43.8 Å². The number of hydrogen-bond donors (Lipinski definition) is 4. The summed E-state index contributed by atoms with van der Waals surface area (Å²) < 4.78 is 0. The number of nitrogen functional groups attached to an aromatic ring is 1. The molecule has 8 nitrogen and oxygen atoms in total. The van der Waals surface area contributed by atoms with Gasteiger partial charge in [-0.05, 0) is 31.7 Å². The molecule has 2 bridgehead atoms. The van der Waals surface area contributed by atoms with Crippen LogP contribution in [0.25, 0.3) is 11.0 Å². The van der Waals surface area contributed by atoms with Gasteiger partial charge in [-0.25, -0.2) is 9.97 Å². The molecule has 6 N–H and O–H groups in total. The second kappa shape index (κ2) is 6.12. The van der Waals surface area contributed by atoms with Crippen molar-refractivity contribution in [1.29, 1.82) is 0 Å². The number of hydrogen-bond acceptors (Lipinski definition) is 7. The van der Waals surface area contributed by atoms with Crippen molar-refractivity contribution in [2.24, 2.45) is 5.73 Å². The van der Waals surface area contributed by atoms with Crippen LogP contribution in [0.5, 0.6) is 0 Å². The number of piperidine rings is 1. The van der Waals surface area contributed by atoms with Crippen LogP contribution >= 0.6 is 11.3 Å². The van der Waals surface area contributed by atoms with E-state index in [1.165, 1.54) is 0 Å². The highest BCUT2D eigenvalue weighted by Gasteiger charge is 2.42. The van der Waals surface area contributed by atoms with Gasteiger partial charge in [0.1, 0.15) is 10.6 Å². The second-order valence-corrected chi connectivity index (χ2v) is 8.34. The Hall–Kier alpha value is -2.81. The third kappa shape index (κ3) is 2.69. The van der Waals surface area contributed by atoms with E-state index in [1.807, 2.05) is 12.3 Å². The number of aromatic amines is 1. The van der Waals surface area contributed by atoms with Crippen molar-refractivity contribution in [1.82, 2.24) is 15.0 Å². The number of pyridine rings is 1. The number of thiazole rings is 1. The van der Waals surface area contributed by atoms with Crippen molar-refractivity contribution in [3.05, 3.63) is 30.2 Å². The predicted molar refractivity (Wildman–Crippen MR) is 107 cm³/mol. The van der Waals surface area contributed by atoms with E-state index in [4.69, 9.17) is 11.5 Å². The lowest BCUT2D eigenvalue weighted by Gasteiger charge is -2.39. The zero-order valence-corrected chi connectivity index (χ0v) is 15.5. The molecule has 3 atom stereocenters. The number of nitrogens with zero attached hydrogens (tertiary/aromatic N) is 3. The first kappa shape index (κ1) is 16.4. The summed E-state index contributed by atoms with van der Waals surface area (Å²) in [7, 11) is 0. The van der Waals surface area contributed by atoms with Crippen molar-refractivity contribution in [2.75, 3.05) is 16.0 Å². The molecule has 0 aromatic carbocycles.